The van der Waals surface area contributed by atoms with Gasteiger partial charge in [0.15, 0.2) is 6.61 Å². The number of ketones is 1. The van der Waals surface area contributed by atoms with Crippen LogP contribution in [0.25, 0.3) is 10.9 Å². The summed E-state index contributed by atoms with van der Waals surface area (Å²) in [4.78, 5) is 12.5. The van der Waals surface area contributed by atoms with Crippen LogP contribution in [0.2, 0.25) is 0 Å². The minimum atomic E-state index is -6.13. The van der Waals surface area contributed by atoms with E-state index in [0.717, 1.165) is 10.9 Å². The number of carbonyl (C=O) groups is 1. The molecule has 0 amide bonds. The quantitative estimate of drug-likeness (QED) is 0.0626. The number of para-hydroxylation sites is 1. The van der Waals surface area contributed by atoms with Crippen LogP contribution in [0.3, 0.4) is 0 Å². The largest absolute Gasteiger partial charge is 0.429 e. The molecule has 0 saturated carbocycles. The van der Waals surface area contributed by atoms with Gasteiger partial charge in [0.1, 0.15) is 12.2 Å². The fourth-order valence-electron chi connectivity index (χ4n) is 8.57. The Labute approximate surface area is 433 Å². The van der Waals surface area contributed by atoms with Crippen LogP contribution < -0.4 is 31.2 Å². The number of ether oxygens (including phenoxy) is 1. The minimum Gasteiger partial charge on any atom is -0.429 e. The predicted molar refractivity (Wildman–Crippen MR) is 236 cm³/mol. The van der Waals surface area contributed by atoms with Crippen LogP contribution in [0.5, 0.6) is 5.88 Å². The summed E-state index contributed by atoms with van der Waals surface area (Å²) in [5, 5.41) is 9.75. The van der Waals surface area contributed by atoms with Crippen molar-refractivity contribution in [2.45, 2.75) is 56.0 Å². The Morgan fingerprint density at radius 1 is 0.400 bits per heavy atom. The van der Waals surface area contributed by atoms with Gasteiger partial charge in [-0.25, -0.2) is 0 Å². The van der Waals surface area contributed by atoms with Gasteiger partial charge < -0.3 is 4.74 Å². The Bertz CT molecular complexity index is 3020. The van der Waals surface area contributed by atoms with Gasteiger partial charge in [0.05, 0.1) is 50.6 Å². The summed E-state index contributed by atoms with van der Waals surface area (Å²) in [7, 11) is 0. The number of rotatable bonds is 9. The van der Waals surface area contributed by atoms with E-state index in [0.29, 0.717) is 11.4 Å². The predicted octanol–water partition coefficient (Wildman–Crippen LogP) is 14.1. The molecule has 0 aliphatic heterocycles. The molecule has 0 aliphatic rings. The first-order chi connectivity index (χ1) is 36.6. The van der Waals surface area contributed by atoms with Gasteiger partial charge in [0.2, 0.25) is 17.8 Å². The second-order valence-corrected chi connectivity index (χ2v) is 17.3. The molecule has 0 N–H and O–H groups in total. The molecule has 0 fully saturated rings. The number of benzene rings is 6. The smallest absolute Gasteiger partial charge is 0.416 e. The van der Waals surface area contributed by atoms with Gasteiger partial charge in [-0.3, -0.25) is 4.79 Å². The number of halogens is 24. The molecule has 0 spiro atoms. The van der Waals surface area contributed by atoms with Crippen molar-refractivity contribution in [3.05, 3.63) is 190 Å². The molecule has 0 radical (unpaired) electrons. The van der Waals surface area contributed by atoms with E-state index in [4.69, 9.17) is 10.00 Å². The van der Waals surface area contributed by atoms with Gasteiger partial charge in [-0.15, -0.1) is 0 Å². The third-order valence-corrected chi connectivity index (χ3v) is 12.0. The number of carbonyl (C=O) groups excluding carboxylic acids is 1. The maximum Gasteiger partial charge on any atom is 0.416 e. The monoisotopic (exact) mass is 1170 g/mol. The SMILES string of the molecule is FC(F)(F)c1cc([B-](c2cc(C(F)(F)F)cc(C(F)(F)F)c2)(c2cc(C(F)(F)F)cc(C(F)(F)F)c2)c2cc(C(F)(F)F)cc(C(F)(F)F)c2)cc(C(F)(F)F)c1.N#CCOc1ccc2ccccc2[n+]1CC(=O)c1ccccc1. The number of alkyl halides is 24. The van der Waals surface area contributed by atoms with Crippen molar-refractivity contribution in [2.75, 3.05) is 6.61 Å². The van der Waals surface area contributed by atoms with Crippen molar-refractivity contribution in [1.29, 1.82) is 5.26 Å². The number of aromatic nitrogens is 1. The normalized spacial score (nSPS) is 13.1. The van der Waals surface area contributed by atoms with Crippen LogP contribution in [-0.2, 0) is 56.0 Å². The maximum atomic E-state index is 14.2. The van der Waals surface area contributed by atoms with Gasteiger partial charge in [-0.2, -0.15) is 137 Å². The third kappa shape index (κ3) is 13.7. The molecule has 6 aromatic carbocycles. The van der Waals surface area contributed by atoms with Crippen LogP contribution in [0.1, 0.15) is 54.9 Å². The Hall–Kier alpha value is -7.93. The Balaban J connectivity index is 0.000000370. The lowest BCUT2D eigenvalue weighted by Crippen LogP contribution is -2.75. The average Bonchev–Trinajstić information content (AvgIpc) is 3.48. The second-order valence-electron chi connectivity index (χ2n) is 17.3. The number of Topliss-reactive ketones (excluding diaryl/α,β-unsaturated/α-hetero) is 1. The van der Waals surface area contributed by atoms with Crippen molar-refractivity contribution in [3.63, 3.8) is 0 Å². The molecular formula is C51H27BF24N2O2. The van der Waals surface area contributed by atoms with Crippen molar-refractivity contribution >= 4 is 44.7 Å². The molecule has 424 valence electrons. The highest BCUT2D eigenvalue weighted by atomic mass is 19.4. The van der Waals surface area contributed by atoms with E-state index < -0.39 is 195 Å². The fourth-order valence-corrected chi connectivity index (χ4v) is 8.57. The summed E-state index contributed by atoms with van der Waals surface area (Å²) in [6, 6.07) is 13.8. The number of nitrogens with zero attached hydrogens (tertiary/aromatic N) is 2. The highest BCUT2D eigenvalue weighted by Gasteiger charge is 2.47. The number of nitriles is 1. The topological polar surface area (TPSA) is 54.0 Å². The number of hydrogen-bond acceptors (Lipinski definition) is 3. The van der Waals surface area contributed by atoms with E-state index in [1.165, 1.54) is 0 Å². The lowest BCUT2D eigenvalue weighted by Gasteiger charge is -2.46. The van der Waals surface area contributed by atoms with Gasteiger partial charge in [-0.1, -0.05) is 91.0 Å². The summed E-state index contributed by atoms with van der Waals surface area (Å²) >= 11 is 0. The number of fused-ring (bicyclic) bond motifs is 1. The van der Waals surface area contributed by atoms with Gasteiger partial charge >= 0.3 is 55.3 Å². The summed E-state index contributed by atoms with van der Waals surface area (Å²) in [5.74, 6) is 0.503. The molecule has 4 nitrogen and oxygen atoms in total. The Morgan fingerprint density at radius 3 is 0.975 bits per heavy atom. The van der Waals surface area contributed by atoms with E-state index in [9.17, 15) is 110 Å². The first kappa shape index (κ1) is 61.3. The highest BCUT2D eigenvalue weighted by molar-refractivity contribution is 7.20. The maximum absolute atomic E-state index is 14.2. The van der Waals surface area contributed by atoms with Gasteiger partial charge in [0.25, 0.3) is 0 Å². The molecule has 7 aromatic rings. The molecule has 1 heterocycles. The van der Waals surface area contributed by atoms with Crippen LogP contribution in [0.15, 0.2) is 140 Å². The lowest BCUT2D eigenvalue weighted by atomic mass is 9.12. The summed E-state index contributed by atoms with van der Waals surface area (Å²) < 4.78 is 348. The number of pyridine rings is 1. The van der Waals surface area contributed by atoms with E-state index in [1.54, 1.807) is 18.2 Å². The zero-order valence-corrected chi connectivity index (χ0v) is 39.1. The Kier molecular flexibility index (Phi) is 16.6. The first-order valence-corrected chi connectivity index (χ1v) is 21.9. The molecule has 29 heteroatoms. The molecule has 0 aliphatic carbocycles. The summed E-state index contributed by atoms with van der Waals surface area (Å²) in [6.45, 7) is 0.101. The molecule has 0 unspecified atom stereocenters. The zero-order chi connectivity index (χ0) is 60.0. The molecule has 0 atom stereocenters. The summed E-state index contributed by atoms with van der Waals surface area (Å²) in [5.41, 5.74) is -28.7. The van der Waals surface area contributed by atoms with Crippen LogP contribution in [0, 0.1) is 11.3 Å². The second kappa shape index (κ2) is 21.6. The summed E-state index contributed by atoms with van der Waals surface area (Å²) in [6.07, 6.45) is -54.8. The van der Waals surface area contributed by atoms with Crippen molar-refractivity contribution in [3.8, 4) is 11.9 Å². The fraction of sp³-hybridized carbons (Fsp3) is 0.196. The standard InChI is InChI=1S/C32H12BF24.C19H15N2O2/c34-25(35,36)13-1-14(26(37,38)39)6-21(5-13)33(22-7-15(27(40,41)42)2-16(8-22)28(43,44)45,23-9-17(29(46,47)48)3-18(10-23)30(49,50)51)24-11-19(31(52,53)54)4-20(12-24)32(55,56)57;20-12-13-23-19-11-10-15-6-4-5-9-17(15)21(19)14-18(22)16-7-2-1-3-8-16/h1-12H;1-11H,13-14H2/q-1;+1. The first-order valence-electron chi connectivity index (χ1n) is 21.9. The number of hydrogen-bond donors (Lipinski definition) is 0. The van der Waals surface area contributed by atoms with Crippen LogP contribution in [0.4, 0.5) is 105 Å². The molecule has 7 rings (SSSR count). The van der Waals surface area contributed by atoms with Crippen LogP contribution >= 0.6 is 0 Å². The third-order valence-electron chi connectivity index (χ3n) is 12.0. The van der Waals surface area contributed by atoms with Crippen molar-refractivity contribution in [2.24, 2.45) is 0 Å². The highest BCUT2D eigenvalue weighted by Crippen LogP contribution is 2.41. The molecule has 0 saturated heterocycles. The zero-order valence-electron chi connectivity index (χ0n) is 39.1. The molecule has 1 aromatic heterocycles. The van der Waals surface area contributed by atoms with Crippen molar-refractivity contribution < 1.29 is 119 Å². The average molecular weight is 1170 g/mol. The van der Waals surface area contributed by atoms with E-state index >= 15 is 0 Å². The van der Waals surface area contributed by atoms with E-state index in [2.05, 4.69) is 0 Å². The van der Waals surface area contributed by atoms with Gasteiger partial charge in [0, 0.05) is 17.0 Å². The molecule has 0 bridgehead atoms. The van der Waals surface area contributed by atoms with Crippen molar-refractivity contribution in [1.82, 2.24) is 0 Å². The van der Waals surface area contributed by atoms with Gasteiger partial charge in [-0.05, 0) is 36.4 Å². The Morgan fingerprint density at radius 2 is 0.688 bits per heavy atom. The molecule has 80 heavy (non-hydrogen) atoms. The lowest BCUT2D eigenvalue weighted by molar-refractivity contribution is -0.662. The van der Waals surface area contributed by atoms with E-state index in [1.807, 2.05) is 59.2 Å². The van der Waals surface area contributed by atoms with Crippen LogP contribution in [-0.4, -0.2) is 18.5 Å². The van der Waals surface area contributed by atoms with E-state index in [-0.39, 0.29) is 18.9 Å². The minimum absolute atomic E-state index is 0.00578. The molecular weight excluding hydrogens is 1140 g/mol.